The number of phenols is 1. The van der Waals surface area contributed by atoms with Crippen molar-refractivity contribution in [2.45, 2.75) is 57.8 Å². The highest BCUT2D eigenvalue weighted by Crippen LogP contribution is 2.35. The van der Waals surface area contributed by atoms with Crippen molar-refractivity contribution in [1.82, 2.24) is 10.2 Å². The predicted molar refractivity (Wildman–Crippen MR) is 179 cm³/mol. The SMILES string of the molecule is C=CC[N+]1(Cc2ccc3c(c2)OCO3)CCC[C@@H](N(C(=O)Nc2ccc(C(=O)NC(C)C)cc2)[C@@H](Cc2ccc(O)cc2)C(N)=O)C1. The first-order valence-electron chi connectivity index (χ1n) is 16.0. The van der Waals surface area contributed by atoms with Crippen LogP contribution in [0.25, 0.3) is 0 Å². The van der Waals surface area contributed by atoms with Gasteiger partial charge < -0.3 is 40.3 Å². The normalized spacial score (nSPS) is 19.1. The highest BCUT2D eigenvalue weighted by Gasteiger charge is 2.42. The first-order chi connectivity index (χ1) is 22.6. The standard InChI is InChI=1S/C36H43N5O6/c1-4-17-41(21-26-9-16-32-33(20-26)47-23-46-32)18-5-6-29(22-41)40(31(34(37)43)19-25-7-14-30(42)15-8-25)36(45)39-28-12-10-27(11-13-28)35(44)38-24(2)3/h4,7-16,20,24,29,31H,1,5-6,17-19,21-23H2,2-3H3,(H4-,37,38,39,42,43,44,45)/p+1/t29-,31+,41?/m1/s1. The molecule has 2 aliphatic rings. The number of nitrogens with one attached hydrogen (secondary N) is 2. The van der Waals surface area contributed by atoms with Crippen LogP contribution in [0.3, 0.4) is 0 Å². The molecule has 248 valence electrons. The van der Waals surface area contributed by atoms with Gasteiger partial charge in [0.2, 0.25) is 12.7 Å². The van der Waals surface area contributed by atoms with Crippen LogP contribution in [0.2, 0.25) is 0 Å². The summed E-state index contributed by atoms with van der Waals surface area (Å²) in [5, 5.41) is 15.6. The number of quaternary nitrogens is 1. The van der Waals surface area contributed by atoms with Crippen LogP contribution < -0.4 is 25.8 Å². The molecule has 0 spiro atoms. The number of nitrogens with two attached hydrogens (primary N) is 1. The van der Waals surface area contributed by atoms with E-state index in [4.69, 9.17) is 15.2 Å². The summed E-state index contributed by atoms with van der Waals surface area (Å²) >= 11 is 0. The number of aromatic hydroxyl groups is 1. The number of likely N-dealkylation sites (tertiary alicyclic amines) is 1. The number of carbonyl (C=O) groups excluding carboxylic acids is 3. The molecular formula is C36H44N5O6+. The number of ether oxygens (including phenoxy) is 2. The lowest BCUT2D eigenvalue weighted by atomic mass is 9.95. The molecule has 0 radical (unpaired) electrons. The number of carbonyl (C=O) groups is 3. The Balaban J connectivity index is 1.44. The summed E-state index contributed by atoms with van der Waals surface area (Å²) in [7, 11) is 0. The Kier molecular flexibility index (Phi) is 10.4. The van der Waals surface area contributed by atoms with Gasteiger partial charge in [-0.1, -0.05) is 18.7 Å². The Bertz CT molecular complexity index is 1590. The number of benzene rings is 3. The van der Waals surface area contributed by atoms with Crippen molar-refractivity contribution in [2.24, 2.45) is 5.73 Å². The highest BCUT2D eigenvalue weighted by atomic mass is 16.7. The zero-order valence-corrected chi connectivity index (χ0v) is 27.0. The fraction of sp³-hybridized carbons (Fsp3) is 0.361. The maximum Gasteiger partial charge on any atom is 0.323 e. The molecule has 3 aromatic rings. The number of rotatable bonds is 12. The summed E-state index contributed by atoms with van der Waals surface area (Å²) < 4.78 is 11.8. The molecular weight excluding hydrogens is 598 g/mol. The molecule has 1 fully saturated rings. The van der Waals surface area contributed by atoms with Gasteiger partial charge in [0.15, 0.2) is 11.5 Å². The summed E-state index contributed by atoms with van der Waals surface area (Å²) in [6.45, 7) is 10.8. The van der Waals surface area contributed by atoms with E-state index in [1.54, 1.807) is 53.4 Å². The number of amides is 4. The minimum atomic E-state index is -0.963. The molecule has 1 saturated heterocycles. The lowest BCUT2D eigenvalue weighted by Gasteiger charge is -2.48. The molecule has 3 atom stereocenters. The van der Waals surface area contributed by atoms with E-state index in [1.807, 2.05) is 38.1 Å². The number of anilines is 1. The Hall–Kier alpha value is -5.03. The van der Waals surface area contributed by atoms with Crippen LogP contribution in [-0.4, -0.2) is 76.9 Å². The van der Waals surface area contributed by atoms with Gasteiger partial charge in [0, 0.05) is 29.3 Å². The maximum atomic E-state index is 14.3. The summed E-state index contributed by atoms with van der Waals surface area (Å²) in [5.41, 5.74) is 8.83. The van der Waals surface area contributed by atoms with Crippen molar-refractivity contribution in [3.63, 3.8) is 0 Å². The number of urea groups is 1. The van der Waals surface area contributed by atoms with Crippen molar-refractivity contribution in [1.29, 1.82) is 0 Å². The Labute approximate surface area is 275 Å². The monoisotopic (exact) mass is 642 g/mol. The van der Waals surface area contributed by atoms with Gasteiger partial charge in [-0.2, -0.15) is 0 Å². The van der Waals surface area contributed by atoms with Crippen molar-refractivity contribution >= 4 is 23.5 Å². The van der Waals surface area contributed by atoms with Crippen LogP contribution in [0.5, 0.6) is 17.2 Å². The number of fused-ring (bicyclic) bond motifs is 1. The van der Waals surface area contributed by atoms with Crippen molar-refractivity contribution in [3.8, 4) is 17.2 Å². The molecule has 2 aliphatic heterocycles. The van der Waals surface area contributed by atoms with Crippen LogP contribution in [0.4, 0.5) is 10.5 Å². The van der Waals surface area contributed by atoms with E-state index < -0.39 is 18.0 Å². The molecule has 11 heteroatoms. The van der Waals surface area contributed by atoms with E-state index >= 15 is 0 Å². The summed E-state index contributed by atoms with van der Waals surface area (Å²) in [5.74, 6) is 0.701. The Morgan fingerprint density at radius 2 is 1.74 bits per heavy atom. The van der Waals surface area contributed by atoms with Gasteiger partial charge in [0.1, 0.15) is 24.9 Å². The second kappa shape index (κ2) is 14.6. The molecule has 5 rings (SSSR count). The van der Waals surface area contributed by atoms with E-state index in [0.29, 0.717) is 47.5 Å². The minimum Gasteiger partial charge on any atom is -0.508 e. The van der Waals surface area contributed by atoms with Gasteiger partial charge in [0.25, 0.3) is 5.91 Å². The van der Waals surface area contributed by atoms with E-state index in [9.17, 15) is 19.5 Å². The number of hydrogen-bond acceptors (Lipinski definition) is 6. The van der Waals surface area contributed by atoms with Crippen molar-refractivity contribution < 1.29 is 33.4 Å². The molecule has 5 N–H and O–H groups in total. The van der Waals surface area contributed by atoms with Crippen LogP contribution in [0.15, 0.2) is 79.4 Å². The fourth-order valence-electron chi connectivity index (χ4n) is 6.59. The largest absolute Gasteiger partial charge is 0.508 e. The molecule has 11 nitrogen and oxygen atoms in total. The van der Waals surface area contributed by atoms with E-state index in [1.165, 1.54) is 0 Å². The summed E-state index contributed by atoms with van der Waals surface area (Å²) in [6, 6.07) is 17.4. The Morgan fingerprint density at radius 3 is 2.43 bits per heavy atom. The molecule has 1 unspecified atom stereocenters. The molecule has 0 saturated carbocycles. The first kappa shape index (κ1) is 33.3. The molecule has 0 bridgehead atoms. The van der Waals surface area contributed by atoms with Gasteiger partial charge in [-0.25, -0.2) is 4.79 Å². The topological polar surface area (TPSA) is 143 Å². The van der Waals surface area contributed by atoms with Crippen LogP contribution in [0, 0.1) is 0 Å². The van der Waals surface area contributed by atoms with Crippen LogP contribution >= 0.6 is 0 Å². The average Bonchev–Trinajstić information content (AvgIpc) is 3.50. The highest BCUT2D eigenvalue weighted by molar-refractivity contribution is 5.96. The van der Waals surface area contributed by atoms with E-state index in [0.717, 1.165) is 29.8 Å². The third-order valence-corrected chi connectivity index (χ3v) is 8.71. The lowest BCUT2D eigenvalue weighted by Crippen LogP contribution is -2.64. The molecule has 3 aromatic carbocycles. The summed E-state index contributed by atoms with van der Waals surface area (Å²) in [4.78, 5) is 41.5. The number of phenolic OH excluding ortho intramolecular Hbond substituents is 1. The fourth-order valence-corrected chi connectivity index (χ4v) is 6.59. The van der Waals surface area contributed by atoms with Gasteiger partial charge >= 0.3 is 6.03 Å². The smallest absolute Gasteiger partial charge is 0.323 e. The number of nitrogens with zero attached hydrogens (tertiary/aromatic N) is 2. The number of primary amides is 1. The minimum absolute atomic E-state index is 0.0121. The molecule has 2 heterocycles. The Morgan fingerprint density at radius 1 is 1.04 bits per heavy atom. The van der Waals surface area contributed by atoms with Crippen LogP contribution in [-0.2, 0) is 17.8 Å². The molecule has 0 aliphatic carbocycles. The van der Waals surface area contributed by atoms with E-state index in [2.05, 4.69) is 17.2 Å². The second-order valence-corrected chi connectivity index (χ2v) is 12.7. The van der Waals surface area contributed by atoms with Gasteiger partial charge in [0.05, 0.1) is 19.1 Å². The van der Waals surface area contributed by atoms with Gasteiger partial charge in [-0.3, -0.25) is 9.59 Å². The molecule has 0 aromatic heterocycles. The lowest BCUT2D eigenvalue weighted by molar-refractivity contribution is -0.941. The maximum absolute atomic E-state index is 14.3. The van der Waals surface area contributed by atoms with Crippen molar-refractivity contribution in [2.75, 3.05) is 31.7 Å². The van der Waals surface area contributed by atoms with Crippen molar-refractivity contribution in [3.05, 3.63) is 96.1 Å². The molecule has 47 heavy (non-hydrogen) atoms. The zero-order chi connectivity index (χ0) is 33.6. The number of hydrogen-bond donors (Lipinski definition) is 4. The van der Waals surface area contributed by atoms with Gasteiger partial charge in [-0.05, 0) is 92.9 Å². The first-order valence-corrected chi connectivity index (χ1v) is 16.0. The third-order valence-electron chi connectivity index (χ3n) is 8.71. The third kappa shape index (κ3) is 8.23. The van der Waals surface area contributed by atoms with Gasteiger partial charge in [-0.15, -0.1) is 0 Å². The van der Waals surface area contributed by atoms with Crippen LogP contribution in [0.1, 0.15) is 48.2 Å². The average molecular weight is 643 g/mol. The van der Waals surface area contributed by atoms with E-state index in [-0.39, 0.29) is 37.0 Å². The zero-order valence-electron chi connectivity index (χ0n) is 27.0. The predicted octanol–water partition coefficient (Wildman–Crippen LogP) is 4.56. The summed E-state index contributed by atoms with van der Waals surface area (Å²) in [6.07, 6.45) is 3.58. The second-order valence-electron chi connectivity index (χ2n) is 12.7. The number of piperidine rings is 1. The molecule has 4 amide bonds. The quantitative estimate of drug-likeness (QED) is 0.169.